The summed E-state index contributed by atoms with van der Waals surface area (Å²) in [7, 11) is 0. The monoisotopic (exact) mass is 798 g/mol. The smallest absolute Gasteiger partial charge is 0.344 e. The van der Waals surface area contributed by atoms with Crippen LogP contribution in [0.3, 0.4) is 0 Å². The van der Waals surface area contributed by atoms with Crippen LogP contribution in [0.2, 0.25) is 0 Å². The van der Waals surface area contributed by atoms with Gasteiger partial charge in [-0.05, 0) is 36.5 Å². The number of epoxide rings is 1. The number of ether oxygens (including phenoxy) is 8. The number of alkyl halides is 1. The highest BCUT2D eigenvalue weighted by Crippen LogP contribution is 2.63. The normalized spacial score (nSPS) is 35.1. The van der Waals surface area contributed by atoms with Gasteiger partial charge in [-0.25, -0.2) is 4.79 Å². The van der Waals surface area contributed by atoms with Crippen molar-refractivity contribution >= 4 is 53.4 Å². The zero-order chi connectivity index (χ0) is 41.2. The van der Waals surface area contributed by atoms with E-state index in [1.807, 2.05) is 0 Å². The SMILES string of the molecule is CC(=O)OC1C(OC(=O)CC(C)C)C(OC(C)=O)C2(C)C(OC(=O)COC(=O)CC(C)C)C=CC(CCl)=CC3OC(=O)C(C)C3(O)C(OC(C)=O)C2C12CO2. The molecular weight excluding hydrogens is 748 g/mol. The molecule has 16 nitrogen and oxygen atoms in total. The number of fused-ring (bicyclic) bond motifs is 3. The number of hydrogen-bond acceptors (Lipinski definition) is 16. The van der Waals surface area contributed by atoms with E-state index in [1.54, 1.807) is 27.7 Å². The second-order valence-corrected chi connectivity index (χ2v) is 15.9. The average Bonchev–Trinajstić information content (AvgIpc) is 3.82. The van der Waals surface area contributed by atoms with Crippen molar-refractivity contribution in [3.8, 4) is 0 Å². The summed E-state index contributed by atoms with van der Waals surface area (Å²) >= 11 is 6.34. The number of aliphatic hydroxyl groups is 1. The van der Waals surface area contributed by atoms with E-state index in [1.165, 1.54) is 32.1 Å². The van der Waals surface area contributed by atoms with Gasteiger partial charge in [-0.1, -0.05) is 40.7 Å². The fraction of sp³-hybridized carbons (Fsp3) is 0.711. The van der Waals surface area contributed by atoms with Crippen LogP contribution in [0.15, 0.2) is 23.8 Å². The highest BCUT2D eigenvalue weighted by molar-refractivity contribution is 6.19. The van der Waals surface area contributed by atoms with E-state index < -0.39 is 113 Å². The lowest BCUT2D eigenvalue weighted by Gasteiger charge is -2.59. The van der Waals surface area contributed by atoms with Crippen LogP contribution in [0.4, 0.5) is 0 Å². The molecule has 0 aromatic heterocycles. The lowest BCUT2D eigenvalue weighted by Crippen LogP contribution is -2.76. The minimum Gasteiger partial charge on any atom is -0.459 e. The Morgan fingerprint density at radius 1 is 0.855 bits per heavy atom. The summed E-state index contributed by atoms with van der Waals surface area (Å²) in [6, 6.07) is 0. The summed E-state index contributed by atoms with van der Waals surface area (Å²) in [5, 5.41) is 12.9. The molecule has 1 N–H and O–H groups in total. The molecule has 0 radical (unpaired) electrons. The molecule has 17 heteroatoms. The number of carbonyl (C=O) groups is 7. The van der Waals surface area contributed by atoms with Crippen LogP contribution in [-0.4, -0.2) is 114 Å². The number of esters is 7. The standard InChI is InChI=1S/C38H51ClO16/c1-18(2)12-27(43)48-16-29(45)53-25-11-10-24(15-39)14-26-38(47,20(5)35(46)54-26)34(52-23(8)42)31-36(25,9)32(50-21(6)40)30(55-28(44)13-19(3)4)33(51-22(7)41)37(31)17-49-37/h10-11,14,18-20,25-26,30-34,47H,12-13,15-17H2,1-9H3. The Morgan fingerprint density at radius 2 is 1.40 bits per heavy atom. The van der Waals surface area contributed by atoms with E-state index in [0.29, 0.717) is 0 Å². The van der Waals surface area contributed by atoms with Crippen LogP contribution >= 0.6 is 11.6 Å². The molecule has 4 aliphatic rings. The van der Waals surface area contributed by atoms with Crippen molar-refractivity contribution in [2.24, 2.45) is 29.1 Å². The molecule has 0 bridgehead atoms. The number of halogens is 1. The number of hydrogen-bond donors (Lipinski definition) is 1. The van der Waals surface area contributed by atoms with Gasteiger partial charge >= 0.3 is 41.8 Å². The predicted molar refractivity (Wildman–Crippen MR) is 189 cm³/mol. The molecule has 0 aromatic carbocycles. The van der Waals surface area contributed by atoms with Gasteiger partial charge in [-0.3, -0.25) is 28.8 Å². The summed E-state index contributed by atoms with van der Waals surface area (Å²) in [5.74, 6) is -9.45. The zero-order valence-corrected chi connectivity index (χ0v) is 33.2. The van der Waals surface area contributed by atoms with Gasteiger partial charge in [0.15, 0.2) is 36.6 Å². The van der Waals surface area contributed by atoms with E-state index in [-0.39, 0.29) is 42.7 Å². The fourth-order valence-corrected chi connectivity index (χ4v) is 8.14. The van der Waals surface area contributed by atoms with Crippen molar-refractivity contribution in [2.45, 2.75) is 123 Å². The van der Waals surface area contributed by atoms with E-state index in [0.717, 1.165) is 20.8 Å². The molecule has 2 saturated heterocycles. The Bertz CT molecular complexity index is 1600. The van der Waals surface area contributed by atoms with E-state index in [9.17, 15) is 38.7 Å². The molecule has 2 heterocycles. The van der Waals surface area contributed by atoms with Gasteiger partial charge in [0, 0.05) is 45.4 Å². The summed E-state index contributed by atoms with van der Waals surface area (Å²) in [5.41, 5.74) is -5.95. The first-order valence-corrected chi connectivity index (χ1v) is 18.7. The second kappa shape index (κ2) is 17.0. The molecule has 2 aliphatic carbocycles. The first kappa shape index (κ1) is 43.7. The third kappa shape index (κ3) is 9.01. The maximum absolute atomic E-state index is 13.7. The molecule has 2 aliphatic heterocycles. The Kier molecular flexibility index (Phi) is 13.5. The minimum absolute atomic E-state index is 0.0123. The topological polar surface area (TPSA) is 217 Å². The first-order chi connectivity index (χ1) is 25.6. The van der Waals surface area contributed by atoms with Gasteiger partial charge in [-0.15, -0.1) is 11.6 Å². The van der Waals surface area contributed by atoms with Crippen LogP contribution in [0, 0.1) is 29.1 Å². The van der Waals surface area contributed by atoms with Crippen LogP contribution in [-0.2, 0) is 71.5 Å². The number of carbonyl (C=O) groups excluding carboxylic acids is 7. The highest BCUT2D eigenvalue weighted by atomic mass is 35.5. The van der Waals surface area contributed by atoms with Gasteiger partial charge in [0.25, 0.3) is 0 Å². The average molecular weight is 799 g/mol. The van der Waals surface area contributed by atoms with Crippen LogP contribution < -0.4 is 0 Å². The second-order valence-electron chi connectivity index (χ2n) is 15.6. The van der Waals surface area contributed by atoms with Crippen LogP contribution in [0.5, 0.6) is 0 Å². The fourth-order valence-electron chi connectivity index (χ4n) is 7.97. The summed E-state index contributed by atoms with van der Waals surface area (Å²) in [6.45, 7) is 12.1. The molecule has 1 saturated carbocycles. The molecule has 11 unspecified atom stereocenters. The van der Waals surface area contributed by atoms with Gasteiger partial charge in [-0.2, -0.15) is 0 Å². The molecule has 306 valence electrons. The van der Waals surface area contributed by atoms with Gasteiger partial charge in [0.2, 0.25) is 0 Å². The van der Waals surface area contributed by atoms with Crippen molar-refractivity contribution in [3.05, 3.63) is 23.8 Å². The van der Waals surface area contributed by atoms with Crippen LogP contribution in [0.1, 0.15) is 75.2 Å². The Balaban J connectivity index is 2.09. The molecule has 3 fully saturated rings. The van der Waals surface area contributed by atoms with Crippen molar-refractivity contribution in [1.29, 1.82) is 0 Å². The summed E-state index contributed by atoms with van der Waals surface area (Å²) in [6.07, 6.45) is -5.75. The summed E-state index contributed by atoms with van der Waals surface area (Å²) in [4.78, 5) is 91.9. The van der Waals surface area contributed by atoms with Crippen LogP contribution in [0.25, 0.3) is 0 Å². The highest BCUT2D eigenvalue weighted by Gasteiger charge is 2.81. The predicted octanol–water partition coefficient (Wildman–Crippen LogP) is 2.67. The maximum atomic E-state index is 13.7. The Labute approximate surface area is 324 Å². The minimum atomic E-state index is -2.42. The van der Waals surface area contributed by atoms with Crippen molar-refractivity contribution in [1.82, 2.24) is 0 Å². The molecule has 0 aromatic rings. The molecule has 55 heavy (non-hydrogen) atoms. The summed E-state index contributed by atoms with van der Waals surface area (Å²) < 4.78 is 47.0. The van der Waals surface area contributed by atoms with E-state index >= 15 is 0 Å². The lowest BCUT2D eigenvalue weighted by molar-refractivity contribution is -0.279. The molecule has 11 atom stereocenters. The molecular formula is C38H51ClO16. The Hall–Kier alpha value is -4.02. The van der Waals surface area contributed by atoms with E-state index in [2.05, 4.69) is 0 Å². The van der Waals surface area contributed by atoms with Crippen molar-refractivity contribution in [3.63, 3.8) is 0 Å². The van der Waals surface area contributed by atoms with E-state index in [4.69, 9.17) is 49.5 Å². The van der Waals surface area contributed by atoms with Gasteiger partial charge < -0.3 is 43.0 Å². The third-order valence-corrected chi connectivity index (χ3v) is 10.7. The first-order valence-electron chi connectivity index (χ1n) is 18.2. The molecule has 4 rings (SSSR count). The molecule has 0 amide bonds. The van der Waals surface area contributed by atoms with Gasteiger partial charge in [0.05, 0.1) is 17.9 Å². The van der Waals surface area contributed by atoms with Crippen molar-refractivity contribution < 1.29 is 76.6 Å². The number of rotatable bonds is 12. The third-order valence-electron chi connectivity index (χ3n) is 10.4. The van der Waals surface area contributed by atoms with Crippen molar-refractivity contribution in [2.75, 3.05) is 19.1 Å². The lowest BCUT2D eigenvalue weighted by atomic mass is 9.51. The quantitative estimate of drug-likeness (QED) is 0.130. The largest absolute Gasteiger partial charge is 0.459 e. The number of allylic oxidation sites excluding steroid dienone is 2. The Morgan fingerprint density at radius 3 is 1.93 bits per heavy atom. The maximum Gasteiger partial charge on any atom is 0.344 e. The van der Waals surface area contributed by atoms with Gasteiger partial charge in [0.1, 0.15) is 17.8 Å². The molecule has 1 spiro atoms. The zero-order valence-electron chi connectivity index (χ0n) is 32.5.